The quantitative estimate of drug-likeness (QED) is 0.269. The van der Waals surface area contributed by atoms with Gasteiger partial charge in [0.25, 0.3) is 0 Å². The fourth-order valence-electron chi connectivity index (χ4n) is 2.63. The third-order valence-corrected chi connectivity index (χ3v) is 3.72. The van der Waals surface area contributed by atoms with E-state index in [0.29, 0.717) is 11.2 Å². The highest BCUT2D eigenvalue weighted by Crippen LogP contribution is 2.33. The second-order valence-electron chi connectivity index (χ2n) is 5.11. The minimum absolute atomic E-state index is 0.0954. The molecule has 1 saturated heterocycles. The molecule has 2 aromatic heterocycles. The molecule has 0 unspecified atom stereocenters. The van der Waals surface area contributed by atoms with E-state index < -0.39 is 24.5 Å². The average molecular weight is 336 g/mol. The molecular weight excluding hydrogens is 320 g/mol. The van der Waals surface area contributed by atoms with Crippen LogP contribution in [0.5, 0.6) is 0 Å². The normalized spacial score (nSPS) is 26.6. The molecule has 1 aliphatic heterocycles. The summed E-state index contributed by atoms with van der Waals surface area (Å²) in [6.45, 7) is -0.137. The molecule has 1 fully saturated rings. The van der Waals surface area contributed by atoms with E-state index in [0.717, 1.165) is 0 Å². The van der Waals surface area contributed by atoms with Crippen molar-refractivity contribution in [2.45, 2.75) is 24.5 Å². The fourth-order valence-corrected chi connectivity index (χ4v) is 2.63. The molecule has 0 radical (unpaired) electrons. The molecule has 3 rings (SSSR count). The standard InChI is InChI=1S/C12H16N8O4/c13-10-7-11(16-4-15-10)20(5-17-7)12-8(22)9(6(3-21)24-12)23-2-1-18-19-14/h4-6,8-9,12,21-22H,1-3H2,(H2,13,15,16)/t6-,8-,9-,12-/m1/s1. The van der Waals surface area contributed by atoms with Crippen molar-refractivity contribution in [3.63, 3.8) is 0 Å². The summed E-state index contributed by atoms with van der Waals surface area (Å²) in [6, 6.07) is 0. The van der Waals surface area contributed by atoms with Crippen LogP contribution in [-0.2, 0) is 9.47 Å². The van der Waals surface area contributed by atoms with Gasteiger partial charge in [-0.15, -0.1) is 0 Å². The monoisotopic (exact) mass is 336 g/mol. The Bertz CT molecular complexity index is 761. The van der Waals surface area contributed by atoms with Crippen LogP contribution in [0.2, 0.25) is 0 Å². The first-order valence-electron chi connectivity index (χ1n) is 7.17. The number of rotatable bonds is 6. The van der Waals surface area contributed by atoms with E-state index in [2.05, 4.69) is 25.0 Å². The third kappa shape index (κ3) is 2.84. The van der Waals surface area contributed by atoms with Crippen molar-refractivity contribution in [2.24, 2.45) is 5.11 Å². The van der Waals surface area contributed by atoms with Crippen LogP contribution in [-0.4, -0.2) is 67.8 Å². The molecule has 128 valence electrons. The molecule has 0 amide bonds. The zero-order chi connectivity index (χ0) is 17.1. The third-order valence-electron chi connectivity index (χ3n) is 3.72. The van der Waals surface area contributed by atoms with Crippen molar-refractivity contribution in [2.75, 3.05) is 25.5 Å². The number of hydrogen-bond acceptors (Lipinski definition) is 9. The van der Waals surface area contributed by atoms with Crippen molar-refractivity contribution in [1.82, 2.24) is 19.5 Å². The maximum absolute atomic E-state index is 10.5. The number of nitrogen functional groups attached to an aromatic ring is 1. The predicted molar refractivity (Wildman–Crippen MR) is 80.5 cm³/mol. The largest absolute Gasteiger partial charge is 0.394 e. The van der Waals surface area contributed by atoms with Crippen LogP contribution in [0, 0.1) is 0 Å². The van der Waals surface area contributed by atoms with E-state index in [4.69, 9.17) is 20.7 Å². The molecule has 12 nitrogen and oxygen atoms in total. The van der Waals surface area contributed by atoms with Gasteiger partial charge in [0.2, 0.25) is 0 Å². The van der Waals surface area contributed by atoms with E-state index in [1.807, 2.05) is 0 Å². The lowest BCUT2D eigenvalue weighted by molar-refractivity contribution is -0.0591. The van der Waals surface area contributed by atoms with Gasteiger partial charge in [0.1, 0.15) is 30.2 Å². The lowest BCUT2D eigenvalue weighted by Gasteiger charge is -2.19. The predicted octanol–water partition coefficient (Wildman–Crippen LogP) is -0.645. The van der Waals surface area contributed by atoms with Crippen LogP contribution in [0.15, 0.2) is 17.8 Å². The van der Waals surface area contributed by atoms with Gasteiger partial charge < -0.3 is 25.4 Å². The lowest BCUT2D eigenvalue weighted by atomic mass is 10.1. The maximum atomic E-state index is 10.5. The molecule has 4 atom stereocenters. The topological polar surface area (TPSA) is 177 Å². The van der Waals surface area contributed by atoms with Crippen molar-refractivity contribution >= 4 is 17.0 Å². The summed E-state index contributed by atoms with van der Waals surface area (Å²) >= 11 is 0. The van der Waals surface area contributed by atoms with Crippen molar-refractivity contribution in [1.29, 1.82) is 0 Å². The Morgan fingerprint density at radius 1 is 1.46 bits per heavy atom. The van der Waals surface area contributed by atoms with Gasteiger partial charge in [-0.05, 0) is 5.53 Å². The SMILES string of the molecule is [N-]=[N+]=NCCO[C@H]1[C@@H](O)[C@H](n2cnc3c(N)ncnc32)O[C@@H]1CO. The van der Waals surface area contributed by atoms with Gasteiger partial charge >= 0.3 is 0 Å². The van der Waals surface area contributed by atoms with Crippen LogP contribution in [0.25, 0.3) is 21.6 Å². The van der Waals surface area contributed by atoms with E-state index >= 15 is 0 Å². The second-order valence-corrected chi connectivity index (χ2v) is 5.11. The molecule has 24 heavy (non-hydrogen) atoms. The summed E-state index contributed by atoms with van der Waals surface area (Å²) < 4.78 is 12.7. The Hall–Kier alpha value is -2.50. The van der Waals surface area contributed by atoms with E-state index in [1.54, 1.807) is 0 Å². The minimum Gasteiger partial charge on any atom is -0.394 e. The molecule has 2 aromatic rings. The summed E-state index contributed by atoms with van der Waals surface area (Å²) in [6.07, 6.45) is -0.749. The number of nitrogens with two attached hydrogens (primary N) is 1. The summed E-state index contributed by atoms with van der Waals surface area (Å²) in [5.41, 5.74) is 14.8. The molecule has 1 aliphatic rings. The van der Waals surface area contributed by atoms with Crippen molar-refractivity contribution < 1.29 is 19.7 Å². The van der Waals surface area contributed by atoms with Crippen LogP contribution in [0.1, 0.15) is 6.23 Å². The number of nitrogens with zero attached hydrogens (tertiary/aromatic N) is 7. The van der Waals surface area contributed by atoms with Crippen LogP contribution >= 0.6 is 0 Å². The smallest absolute Gasteiger partial charge is 0.167 e. The van der Waals surface area contributed by atoms with Gasteiger partial charge in [-0.2, -0.15) is 0 Å². The molecule has 0 bridgehead atoms. The van der Waals surface area contributed by atoms with Gasteiger partial charge in [0, 0.05) is 11.5 Å². The highest BCUT2D eigenvalue weighted by Gasteiger charge is 2.45. The summed E-state index contributed by atoms with van der Waals surface area (Å²) in [5, 5.41) is 23.3. The van der Waals surface area contributed by atoms with Crippen LogP contribution in [0.3, 0.4) is 0 Å². The number of imidazole rings is 1. The Kier molecular flexibility index (Phi) is 4.74. The Morgan fingerprint density at radius 3 is 3.04 bits per heavy atom. The number of azide groups is 1. The molecule has 4 N–H and O–H groups in total. The molecule has 0 spiro atoms. The number of hydrogen-bond donors (Lipinski definition) is 3. The highest BCUT2D eigenvalue weighted by molar-refractivity contribution is 5.81. The first-order valence-corrected chi connectivity index (χ1v) is 7.17. The number of fused-ring (bicyclic) bond motifs is 1. The summed E-state index contributed by atoms with van der Waals surface area (Å²) in [4.78, 5) is 14.7. The Morgan fingerprint density at radius 2 is 2.29 bits per heavy atom. The number of anilines is 1. The van der Waals surface area contributed by atoms with Gasteiger partial charge in [0.05, 0.1) is 19.5 Å². The summed E-state index contributed by atoms with van der Waals surface area (Å²) in [5.74, 6) is 0.215. The fraction of sp³-hybridized carbons (Fsp3) is 0.583. The van der Waals surface area contributed by atoms with Gasteiger partial charge in [-0.1, -0.05) is 5.11 Å². The number of aliphatic hydroxyl groups is 2. The second kappa shape index (κ2) is 6.95. The first-order chi connectivity index (χ1) is 11.7. The van der Waals surface area contributed by atoms with Gasteiger partial charge in [-0.3, -0.25) is 4.57 Å². The number of aliphatic hydroxyl groups excluding tert-OH is 2. The number of ether oxygens (including phenoxy) is 2. The van der Waals surface area contributed by atoms with E-state index in [9.17, 15) is 10.2 Å². The van der Waals surface area contributed by atoms with Gasteiger partial charge in [-0.25, -0.2) is 15.0 Å². The lowest BCUT2D eigenvalue weighted by Crippen LogP contribution is -2.36. The molecule has 3 heterocycles. The average Bonchev–Trinajstić information content (AvgIpc) is 3.14. The first kappa shape index (κ1) is 16.4. The molecule has 0 aromatic carbocycles. The molecule has 12 heteroatoms. The van der Waals surface area contributed by atoms with E-state index in [1.165, 1.54) is 17.2 Å². The van der Waals surface area contributed by atoms with Gasteiger partial charge in [0.15, 0.2) is 17.7 Å². The van der Waals surface area contributed by atoms with Crippen LogP contribution < -0.4 is 5.73 Å². The molecular formula is C12H16N8O4. The molecule has 0 aliphatic carbocycles. The molecule has 0 saturated carbocycles. The number of aromatic nitrogens is 4. The summed E-state index contributed by atoms with van der Waals surface area (Å²) in [7, 11) is 0. The minimum atomic E-state index is -1.08. The van der Waals surface area contributed by atoms with Crippen molar-refractivity contribution in [3.05, 3.63) is 23.1 Å². The maximum Gasteiger partial charge on any atom is 0.167 e. The zero-order valence-corrected chi connectivity index (χ0v) is 12.5. The van der Waals surface area contributed by atoms with Crippen molar-refractivity contribution in [3.8, 4) is 0 Å². The van der Waals surface area contributed by atoms with E-state index in [-0.39, 0.29) is 25.6 Å². The Labute approximate surface area is 135 Å². The highest BCUT2D eigenvalue weighted by atomic mass is 16.6. The van der Waals surface area contributed by atoms with Crippen LogP contribution in [0.4, 0.5) is 5.82 Å². The Balaban J connectivity index is 1.83. The zero-order valence-electron chi connectivity index (χ0n) is 12.5.